The lowest BCUT2D eigenvalue weighted by molar-refractivity contribution is -0.121. The molecule has 112 valence electrons. The van der Waals surface area contributed by atoms with Gasteiger partial charge in [0.15, 0.2) is 0 Å². The summed E-state index contributed by atoms with van der Waals surface area (Å²) in [5.41, 5.74) is 0.991. The van der Waals surface area contributed by atoms with E-state index in [1.165, 1.54) is 6.33 Å². The number of amides is 1. The average Bonchev–Trinajstić information content (AvgIpc) is 2.88. The Morgan fingerprint density at radius 2 is 2.33 bits per heavy atom. The van der Waals surface area contributed by atoms with Gasteiger partial charge in [-0.2, -0.15) is 14.6 Å². The molecular weight excluding hydrogens is 268 g/mol. The zero-order valence-electron chi connectivity index (χ0n) is 12.4. The SMILES string of the molecule is CCCc1cc(N2CCCNC(=O)[C@H]2C)n2ncnc2n1. The molecular formula is C14H20N6O. The molecule has 1 fully saturated rings. The van der Waals surface area contributed by atoms with Gasteiger partial charge in [-0.25, -0.2) is 4.98 Å². The van der Waals surface area contributed by atoms with Gasteiger partial charge in [-0.15, -0.1) is 0 Å². The molecule has 21 heavy (non-hydrogen) atoms. The van der Waals surface area contributed by atoms with Crippen molar-refractivity contribution in [1.82, 2.24) is 24.9 Å². The molecule has 1 aliphatic rings. The highest BCUT2D eigenvalue weighted by atomic mass is 16.2. The molecule has 3 heterocycles. The van der Waals surface area contributed by atoms with E-state index in [-0.39, 0.29) is 11.9 Å². The first-order valence-electron chi connectivity index (χ1n) is 7.44. The van der Waals surface area contributed by atoms with Crippen molar-refractivity contribution in [3.8, 4) is 0 Å². The minimum Gasteiger partial charge on any atom is -0.354 e. The normalized spacial score (nSPS) is 19.6. The fourth-order valence-corrected chi connectivity index (χ4v) is 2.69. The minimum atomic E-state index is -0.225. The Hall–Kier alpha value is -2.18. The number of carbonyl (C=O) groups is 1. The molecule has 1 N–H and O–H groups in total. The average molecular weight is 288 g/mol. The first kappa shape index (κ1) is 13.8. The van der Waals surface area contributed by atoms with Crippen LogP contribution in [0, 0.1) is 0 Å². The summed E-state index contributed by atoms with van der Waals surface area (Å²) >= 11 is 0. The maximum absolute atomic E-state index is 12.1. The Morgan fingerprint density at radius 3 is 3.14 bits per heavy atom. The Balaban J connectivity index is 2.08. The monoisotopic (exact) mass is 288 g/mol. The predicted molar refractivity (Wildman–Crippen MR) is 79.2 cm³/mol. The molecule has 0 saturated carbocycles. The Bertz CT molecular complexity index is 652. The highest BCUT2D eigenvalue weighted by molar-refractivity contribution is 5.85. The van der Waals surface area contributed by atoms with Crippen molar-refractivity contribution >= 4 is 17.5 Å². The van der Waals surface area contributed by atoms with Crippen molar-refractivity contribution in [2.24, 2.45) is 0 Å². The summed E-state index contributed by atoms with van der Waals surface area (Å²) in [5.74, 6) is 1.54. The highest BCUT2D eigenvalue weighted by Gasteiger charge is 2.26. The van der Waals surface area contributed by atoms with Crippen LogP contribution in [0.3, 0.4) is 0 Å². The van der Waals surface area contributed by atoms with Gasteiger partial charge in [-0.05, 0) is 19.8 Å². The zero-order chi connectivity index (χ0) is 14.8. The number of nitrogens with one attached hydrogen (secondary N) is 1. The van der Waals surface area contributed by atoms with Gasteiger partial charge in [0.2, 0.25) is 5.91 Å². The second kappa shape index (κ2) is 5.67. The quantitative estimate of drug-likeness (QED) is 0.904. The third-order valence-electron chi connectivity index (χ3n) is 3.81. The lowest BCUT2D eigenvalue weighted by Crippen LogP contribution is -2.43. The third kappa shape index (κ3) is 2.55. The first-order chi connectivity index (χ1) is 10.2. The standard InChI is InChI=1S/C14H20N6O/c1-3-5-11-8-12(20-14(18-11)16-9-17-20)19-7-4-6-15-13(21)10(19)2/h8-10H,3-7H2,1-2H3,(H,15,21)/t10-/m1/s1. The Morgan fingerprint density at radius 1 is 1.48 bits per heavy atom. The molecule has 0 aromatic carbocycles. The topological polar surface area (TPSA) is 75.4 Å². The van der Waals surface area contributed by atoms with Crippen LogP contribution < -0.4 is 10.2 Å². The first-order valence-corrected chi connectivity index (χ1v) is 7.44. The third-order valence-corrected chi connectivity index (χ3v) is 3.81. The lowest BCUT2D eigenvalue weighted by atomic mass is 10.2. The molecule has 2 aromatic rings. The highest BCUT2D eigenvalue weighted by Crippen LogP contribution is 2.21. The molecule has 0 bridgehead atoms. The molecule has 0 spiro atoms. The van der Waals surface area contributed by atoms with E-state index in [1.807, 2.05) is 13.0 Å². The van der Waals surface area contributed by atoms with Gasteiger partial charge < -0.3 is 10.2 Å². The van der Waals surface area contributed by atoms with Crippen molar-refractivity contribution < 1.29 is 4.79 Å². The second-order valence-corrected chi connectivity index (χ2v) is 5.34. The minimum absolute atomic E-state index is 0.0506. The number of nitrogens with zero attached hydrogens (tertiary/aromatic N) is 5. The maximum Gasteiger partial charge on any atom is 0.254 e. The molecule has 1 saturated heterocycles. The molecule has 1 amide bonds. The van der Waals surface area contributed by atoms with Crippen LogP contribution >= 0.6 is 0 Å². The Kier molecular flexibility index (Phi) is 3.72. The summed E-state index contributed by atoms with van der Waals surface area (Å²) in [4.78, 5) is 22.9. The van der Waals surface area contributed by atoms with Gasteiger partial charge in [0.25, 0.3) is 5.78 Å². The predicted octanol–water partition coefficient (Wildman–Crippen LogP) is 0.792. The summed E-state index contributed by atoms with van der Waals surface area (Å²) in [6.45, 7) is 5.57. The van der Waals surface area contributed by atoms with Crippen molar-refractivity contribution in [3.05, 3.63) is 18.1 Å². The van der Waals surface area contributed by atoms with E-state index in [9.17, 15) is 4.79 Å². The summed E-state index contributed by atoms with van der Waals surface area (Å²) in [7, 11) is 0. The van der Waals surface area contributed by atoms with E-state index in [4.69, 9.17) is 0 Å². The smallest absolute Gasteiger partial charge is 0.254 e. The number of rotatable bonds is 3. The van der Waals surface area contributed by atoms with E-state index in [0.29, 0.717) is 12.3 Å². The van der Waals surface area contributed by atoms with Crippen LogP contribution in [-0.4, -0.2) is 44.6 Å². The number of fused-ring (bicyclic) bond motifs is 1. The van der Waals surface area contributed by atoms with E-state index in [2.05, 4.69) is 32.2 Å². The molecule has 7 heteroatoms. The largest absolute Gasteiger partial charge is 0.354 e. The summed E-state index contributed by atoms with van der Waals surface area (Å²) in [5, 5.41) is 7.19. The van der Waals surface area contributed by atoms with Crippen molar-refractivity contribution in [2.45, 2.75) is 39.2 Å². The number of hydrogen-bond acceptors (Lipinski definition) is 5. The van der Waals surface area contributed by atoms with Crippen LogP contribution in [0.1, 0.15) is 32.4 Å². The number of aryl methyl sites for hydroxylation is 1. The lowest BCUT2D eigenvalue weighted by Gasteiger charge is -2.27. The van der Waals surface area contributed by atoms with E-state index >= 15 is 0 Å². The Labute approximate surface area is 123 Å². The summed E-state index contributed by atoms with van der Waals surface area (Å²) in [6.07, 6.45) is 4.33. The van der Waals surface area contributed by atoms with Gasteiger partial charge in [-0.3, -0.25) is 4.79 Å². The molecule has 0 radical (unpaired) electrons. The van der Waals surface area contributed by atoms with Crippen LogP contribution in [0.25, 0.3) is 5.78 Å². The molecule has 0 unspecified atom stereocenters. The van der Waals surface area contributed by atoms with Crippen LogP contribution in [0.4, 0.5) is 5.82 Å². The molecule has 0 aliphatic carbocycles. The van der Waals surface area contributed by atoms with E-state index in [0.717, 1.165) is 37.3 Å². The molecule has 1 aliphatic heterocycles. The number of carbonyl (C=O) groups excluding carboxylic acids is 1. The second-order valence-electron chi connectivity index (χ2n) is 5.34. The van der Waals surface area contributed by atoms with Gasteiger partial charge >= 0.3 is 0 Å². The van der Waals surface area contributed by atoms with Gasteiger partial charge in [0.1, 0.15) is 18.2 Å². The summed E-state index contributed by atoms with van der Waals surface area (Å²) < 4.78 is 1.72. The van der Waals surface area contributed by atoms with Crippen LogP contribution in [0.2, 0.25) is 0 Å². The van der Waals surface area contributed by atoms with Crippen molar-refractivity contribution in [3.63, 3.8) is 0 Å². The fraction of sp³-hybridized carbons (Fsp3) is 0.571. The number of anilines is 1. The summed E-state index contributed by atoms with van der Waals surface area (Å²) in [6, 6.07) is 1.80. The van der Waals surface area contributed by atoms with Crippen LogP contribution in [-0.2, 0) is 11.2 Å². The molecule has 7 nitrogen and oxygen atoms in total. The number of aromatic nitrogens is 4. The fourth-order valence-electron chi connectivity index (χ4n) is 2.69. The molecule has 1 atom stereocenters. The van der Waals surface area contributed by atoms with E-state index in [1.54, 1.807) is 4.52 Å². The van der Waals surface area contributed by atoms with Gasteiger partial charge in [0, 0.05) is 24.8 Å². The maximum atomic E-state index is 12.1. The van der Waals surface area contributed by atoms with Gasteiger partial charge in [-0.1, -0.05) is 13.3 Å². The van der Waals surface area contributed by atoms with E-state index < -0.39 is 0 Å². The van der Waals surface area contributed by atoms with Crippen LogP contribution in [0.15, 0.2) is 12.4 Å². The molecule has 2 aromatic heterocycles. The van der Waals surface area contributed by atoms with Crippen molar-refractivity contribution in [2.75, 3.05) is 18.0 Å². The van der Waals surface area contributed by atoms with Gasteiger partial charge in [0.05, 0.1) is 0 Å². The number of hydrogen-bond donors (Lipinski definition) is 1. The van der Waals surface area contributed by atoms with Crippen molar-refractivity contribution in [1.29, 1.82) is 0 Å². The van der Waals surface area contributed by atoms with Crippen LogP contribution in [0.5, 0.6) is 0 Å². The molecule has 3 rings (SSSR count). The zero-order valence-corrected chi connectivity index (χ0v) is 12.4.